The average Bonchev–Trinajstić information content (AvgIpc) is 3.64. The van der Waals surface area contributed by atoms with Gasteiger partial charge in [-0.3, -0.25) is 4.79 Å². The number of pyridine rings is 1. The van der Waals surface area contributed by atoms with Gasteiger partial charge in [0.15, 0.2) is 5.82 Å². The van der Waals surface area contributed by atoms with Crippen LogP contribution in [-0.4, -0.2) is 62.7 Å². The van der Waals surface area contributed by atoms with E-state index >= 15 is 0 Å². The second kappa shape index (κ2) is 9.05. The summed E-state index contributed by atoms with van der Waals surface area (Å²) >= 11 is 0. The summed E-state index contributed by atoms with van der Waals surface area (Å²) in [4.78, 5) is 26.2. The quantitative estimate of drug-likeness (QED) is 0.352. The van der Waals surface area contributed by atoms with Crippen molar-refractivity contribution in [3.8, 4) is 17.3 Å². The molecule has 3 unspecified atom stereocenters. The third-order valence-electron chi connectivity index (χ3n) is 11.0. The van der Waals surface area contributed by atoms with Gasteiger partial charge in [-0.1, -0.05) is 0 Å². The molecule has 0 spiro atoms. The van der Waals surface area contributed by atoms with E-state index in [1.807, 2.05) is 24.4 Å². The SMILES string of the molecule is COc1cc(C(=O)N2CC3CC4CC2[C@H]43)cc2nc(-c3cc4cccnc4n3CC3CC3)n(CC3CCNCC3)c12. The zero-order valence-corrected chi connectivity index (χ0v) is 23.8. The van der Waals surface area contributed by atoms with Crippen LogP contribution in [0.1, 0.15) is 48.9 Å². The lowest BCUT2D eigenvalue weighted by molar-refractivity contribution is -0.0204. The number of carbonyl (C=O) groups is 1. The second-order valence-electron chi connectivity index (χ2n) is 13.4. The van der Waals surface area contributed by atoms with Crippen molar-refractivity contribution < 1.29 is 9.53 Å². The number of nitrogens with zero attached hydrogens (tertiary/aromatic N) is 5. The lowest BCUT2D eigenvalue weighted by Crippen LogP contribution is -2.53. The molecule has 2 aliphatic heterocycles. The Morgan fingerprint density at radius 1 is 1.02 bits per heavy atom. The third kappa shape index (κ3) is 3.72. The van der Waals surface area contributed by atoms with Crippen molar-refractivity contribution in [1.29, 1.82) is 0 Å². The molecule has 3 aliphatic carbocycles. The summed E-state index contributed by atoms with van der Waals surface area (Å²) in [7, 11) is 1.73. The zero-order valence-electron chi connectivity index (χ0n) is 23.8. The summed E-state index contributed by atoms with van der Waals surface area (Å²) in [6.45, 7) is 4.86. The number of benzene rings is 1. The largest absolute Gasteiger partial charge is 0.494 e. The molecular weight excluding hydrogens is 512 g/mol. The Labute approximate surface area is 240 Å². The number of likely N-dealkylation sites (tertiary alicyclic amines) is 1. The van der Waals surface area contributed by atoms with Crippen molar-refractivity contribution in [2.75, 3.05) is 26.7 Å². The number of amides is 1. The molecule has 0 radical (unpaired) electrons. The molecule has 4 aromatic rings. The second-order valence-corrected chi connectivity index (χ2v) is 13.4. The highest BCUT2D eigenvalue weighted by molar-refractivity contribution is 6.00. The van der Waals surface area contributed by atoms with Crippen molar-refractivity contribution in [1.82, 2.24) is 29.3 Å². The van der Waals surface area contributed by atoms with Gasteiger partial charge >= 0.3 is 0 Å². The van der Waals surface area contributed by atoms with Crippen LogP contribution in [0.2, 0.25) is 0 Å². The van der Waals surface area contributed by atoms with Gasteiger partial charge < -0.3 is 24.1 Å². The highest BCUT2D eigenvalue weighted by Crippen LogP contribution is 2.60. The van der Waals surface area contributed by atoms with Crippen LogP contribution in [0.25, 0.3) is 33.6 Å². The number of aromatic nitrogens is 4. The van der Waals surface area contributed by atoms with E-state index in [-0.39, 0.29) is 5.91 Å². The third-order valence-corrected chi connectivity index (χ3v) is 11.0. The molecule has 1 N–H and O–H groups in total. The first-order valence-electron chi connectivity index (χ1n) is 15.7. The minimum Gasteiger partial charge on any atom is -0.494 e. The summed E-state index contributed by atoms with van der Waals surface area (Å²) in [5, 5.41) is 4.66. The standard InChI is InChI=1S/C33H38N6O2/c1-41-28-15-23(33(40)38-18-24-11-22-14-26(38)29(22)24)12-25-30(28)39(17-20-6-9-34-10-7-20)32(36-25)27-13-21-3-2-8-35-31(21)37(27)16-19-4-5-19/h2-3,8,12-13,15,19-20,22,24,26,29,34H,4-7,9-11,14,16-18H2,1H3/t22?,24?,26?,29-/m1/s1. The number of hydrogen-bond acceptors (Lipinski definition) is 5. The summed E-state index contributed by atoms with van der Waals surface area (Å²) in [6.07, 6.45) is 9.22. The van der Waals surface area contributed by atoms with E-state index in [0.29, 0.717) is 29.4 Å². The molecule has 9 rings (SSSR count). The predicted octanol–water partition coefficient (Wildman–Crippen LogP) is 4.95. The van der Waals surface area contributed by atoms with Crippen LogP contribution >= 0.6 is 0 Å². The molecule has 0 bridgehead atoms. The van der Waals surface area contributed by atoms with Gasteiger partial charge in [-0.05, 0) is 112 Å². The first-order chi connectivity index (χ1) is 20.2. The molecule has 5 fully saturated rings. The minimum atomic E-state index is 0.143. The molecule has 1 amide bonds. The van der Waals surface area contributed by atoms with Crippen molar-refractivity contribution in [2.24, 2.45) is 29.6 Å². The first-order valence-corrected chi connectivity index (χ1v) is 15.7. The van der Waals surface area contributed by atoms with Crippen molar-refractivity contribution >= 4 is 28.0 Å². The van der Waals surface area contributed by atoms with Gasteiger partial charge in [-0.15, -0.1) is 0 Å². The summed E-state index contributed by atoms with van der Waals surface area (Å²) in [6, 6.07) is 10.9. The number of ether oxygens (including phenoxy) is 1. The van der Waals surface area contributed by atoms with Crippen LogP contribution in [0.3, 0.4) is 0 Å². The molecule has 212 valence electrons. The lowest BCUT2D eigenvalue weighted by atomic mass is 9.53. The lowest BCUT2D eigenvalue weighted by Gasteiger charge is -2.52. The number of hydrogen-bond donors (Lipinski definition) is 1. The van der Waals surface area contributed by atoms with Gasteiger partial charge in [-0.2, -0.15) is 0 Å². The Balaban J connectivity index is 1.19. The van der Waals surface area contributed by atoms with Crippen LogP contribution in [-0.2, 0) is 13.1 Å². The fourth-order valence-corrected chi connectivity index (χ4v) is 8.58. The molecule has 8 heteroatoms. The number of imidazole rings is 1. The van der Waals surface area contributed by atoms with Crippen LogP contribution < -0.4 is 10.1 Å². The minimum absolute atomic E-state index is 0.143. The molecule has 2 saturated heterocycles. The molecular formula is C33H38N6O2. The van der Waals surface area contributed by atoms with E-state index < -0.39 is 0 Å². The molecule has 5 heterocycles. The topological polar surface area (TPSA) is 77.2 Å². The van der Waals surface area contributed by atoms with Crippen molar-refractivity contribution in [2.45, 2.75) is 57.7 Å². The highest BCUT2D eigenvalue weighted by atomic mass is 16.5. The molecule has 3 aromatic heterocycles. The van der Waals surface area contributed by atoms with E-state index in [4.69, 9.17) is 14.7 Å². The van der Waals surface area contributed by atoms with Gasteiger partial charge in [0.2, 0.25) is 0 Å². The number of nitrogens with one attached hydrogen (secondary N) is 1. The van der Waals surface area contributed by atoms with Crippen molar-refractivity contribution in [3.63, 3.8) is 0 Å². The maximum absolute atomic E-state index is 13.9. The van der Waals surface area contributed by atoms with Gasteiger partial charge in [-0.25, -0.2) is 9.97 Å². The number of carbonyl (C=O) groups excluding carboxylic acids is 1. The van der Waals surface area contributed by atoms with E-state index in [1.54, 1.807) is 7.11 Å². The number of piperidine rings is 1. The van der Waals surface area contributed by atoms with Crippen LogP contribution in [0.15, 0.2) is 36.5 Å². The molecule has 8 nitrogen and oxygen atoms in total. The molecule has 4 atom stereocenters. The molecule has 5 aliphatic rings. The predicted molar refractivity (Wildman–Crippen MR) is 158 cm³/mol. The van der Waals surface area contributed by atoms with Crippen LogP contribution in [0, 0.1) is 29.6 Å². The average molecular weight is 551 g/mol. The molecule has 1 aromatic carbocycles. The monoisotopic (exact) mass is 550 g/mol. The smallest absolute Gasteiger partial charge is 0.254 e. The molecule has 3 saturated carbocycles. The Kier molecular flexibility index (Phi) is 5.35. The van der Waals surface area contributed by atoms with Gasteiger partial charge in [0.05, 0.1) is 18.3 Å². The summed E-state index contributed by atoms with van der Waals surface area (Å²) < 4.78 is 10.8. The Hall–Kier alpha value is -3.39. The summed E-state index contributed by atoms with van der Waals surface area (Å²) in [5.41, 5.74) is 4.69. The van der Waals surface area contributed by atoms with Gasteiger partial charge in [0.1, 0.15) is 16.9 Å². The van der Waals surface area contributed by atoms with E-state index in [9.17, 15) is 4.79 Å². The number of methoxy groups -OCH3 is 1. The number of fused-ring (bicyclic) bond motifs is 2. The number of rotatable bonds is 7. The normalized spacial score (nSPS) is 27.2. The first kappa shape index (κ1) is 24.2. The van der Waals surface area contributed by atoms with Crippen LogP contribution in [0.4, 0.5) is 0 Å². The maximum Gasteiger partial charge on any atom is 0.254 e. The van der Waals surface area contributed by atoms with Crippen molar-refractivity contribution in [3.05, 3.63) is 42.1 Å². The molecule has 41 heavy (non-hydrogen) atoms. The Morgan fingerprint density at radius 3 is 2.63 bits per heavy atom. The van der Waals surface area contributed by atoms with E-state index in [2.05, 4.69) is 31.5 Å². The zero-order chi connectivity index (χ0) is 27.2. The Morgan fingerprint density at radius 2 is 1.85 bits per heavy atom. The van der Waals surface area contributed by atoms with E-state index in [0.717, 1.165) is 96.7 Å². The fraction of sp³-hybridized carbons (Fsp3) is 0.545. The van der Waals surface area contributed by atoms with E-state index in [1.165, 1.54) is 25.7 Å². The fourth-order valence-electron chi connectivity index (χ4n) is 8.58. The highest BCUT2D eigenvalue weighted by Gasteiger charge is 2.61. The van der Waals surface area contributed by atoms with Crippen LogP contribution in [0.5, 0.6) is 5.75 Å². The maximum atomic E-state index is 13.9. The van der Waals surface area contributed by atoms with Gasteiger partial charge in [0, 0.05) is 42.8 Å². The summed E-state index contributed by atoms with van der Waals surface area (Å²) in [5.74, 6) is 5.44. The van der Waals surface area contributed by atoms with Gasteiger partial charge in [0.25, 0.3) is 5.91 Å². The Bertz CT molecular complexity index is 1680.